The monoisotopic (exact) mass is 490 g/mol. The van der Waals surface area contributed by atoms with Crippen LogP contribution in [0.1, 0.15) is 29.0 Å². The molecule has 0 radical (unpaired) electrons. The van der Waals surface area contributed by atoms with Gasteiger partial charge in [0.25, 0.3) is 0 Å². The van der Waals surface area contributed by atoms with Crippen molar-refractivity contribution in [3.05, 3.63) is 95.4 Å². The molecule has 188 valence electrons. The van der Waals surface area contributed by atoms with Gasteiger partial charge in [-0.3, -0.25) is 4.79 Å². The second-order valence-electron chi connectivity index (χ2n) is 8.60. The number of amides is 1. The number of halogens is 1. The average molecular weight is 491 g/mol. The SMILES string of the molecule is COCCNC(=O)CC(c1cc(OC)cc(OC)c1)c1cn(Cc2ccc(F)cc2)c2ccccc12. The zero-order valence-corrected chi connectivity index (χ0v) is 20.8. The number of nitrogens with one attached hydrogen (secondary N) is 1. The van der Waals surface area contributed by atoms with E-state index in [0.29, 0.717) is 31.2 Å². The first-order valence-electron chi connectivity index (χ1n) is 11.8. The van der Waals surface area contributed by atoms with E-state index in [1.165, 1.54) is 12.1 Å². The van der Waals surface area contributed by atoms with Gasteiger partial charge in [-0.2, -0.15) is 0 Å². The number of rotatable bonds is 11. The zero-order chi connectivity index (χ0) is 25.5. The van der Waals surface area contributed by atoms with Gasteiger partial charge < -0.3 is 24.1 Å². The van der Waals surface area contributed by atoms with Gasteiger partial charge in [0.1, 0.15) is 17.3 Å². The maximum Gasteiger partial charge on any atom is 0.221 e. The first-order chi connectivity index (χ1) is 17.5. The van der Waals surface area contributed by atoms with Crippen LogP contribution < -0.4 is 14.8 Å². The predicted molar refractivity (Wildman–Crippen MR) is 138 cm³/mol. The molecule has 1 unspecified atom stereocenters. The number of ether oxygens (including phenoxy) is 3. The van der Waals surface area contributed by atoms with Crippen LogP contribution in [0.15, 0.2) is 72.9 Å². The van der Waals surface area contributed by atoms with Crippen molar-refractivity contribution in [1.29, 1.82) is 0 Å². The van der Waals surface area contributed by atoms with E-state index in [-0.39, 0.29) is 24.1 Å². The average Bonchev–Trinajstić information content (AvgIpc) is 3.26. The summed E-state index contributed by atoms with van der Waals surface area (Å²) in [7, 11) is 4.83. The van der Waals surface area contributed by atoms with E-state index >= 15 is 0 Å². The molecule has 4 aromatic rings. The van der Waals surface area contributed by atoms with E-state index < -0.39 is 0 Å². The molecule has 1 amide bonds. The lowest BCUT2D eigenvalue weighted by molar-refractivity contribution is -0.121. The van der Waals surface area contributed by atoms with Crippen LogP contribution in [0.2, 0.25) is 0 Å². The Morgan fingerprint density at radius 3 is 2.33 bits per heavy atom. The number of aromatic nitrogens is 1. The Hall–Kier alpha value is -3.84. The van der Waals surface area contributed by atoms with Crippen LogP contribution in [-0.4, -0.2) is 45.0 Å². The Balaban J connectivity index is 1.79. The van der Waals surface area contributed by atoms with Gasteiger partial charge in [-0.25, -0.2) is 4.39 Å². The molecule has 0 saturated carbocycles. The summed E-state index contributed by atoms with van der Waals surface area (Å²) in [5.41, 5.74) is 3.96. The second-order valence-corrected chi connectivity index (χ2v) is 8.60. The summed E-state index contributed by atoms with van der Waals surface area (Å²) in [6, 6.07) is 20.3. The minimum Gasteiger partial charge on any atom is -0.497 e. The molecule has 0 fully saturated rings. The van der Waals surface area contributed by atoms with Gasteiger partial charge in [0.15, 0.2) is 0 Å². The number of carbonyl (C=O) groups excluding carboxylic acids is 1. The fourth-order valence-electron chi connectivity index (χ4n) is 4.46. The van der Waals surface area contributed by atoms with Crippen molar-refractivity contribution in [2.45, 2.75) is 18.9 Å². The molecule has 0 aliphatic rings. The van der Waals surface area contributed by atoms with E-state index in [2.05, 4.69) is 28.2 Å². The highest BCUT2D eigenvalue weighted by molar-refractivity contribution is 5.87. The summed E-state index contributed by atoms with van der Waals surface area (Å²) in [5, 5.41) is 3.99. The van der Waals surface area contributed by atoms with Crippen LogP contribution in [0.5, 0.6) is 11.5 Å². The molecule has 1 atom stereocenters. The fraction of sp³-hybridized carbons (Fsp3) is 0.276. The Morgan fingerprint density at radius 1 is 0.972 bits per heavy atom. The zero-order valence-electron chi connectivity index (χ0n) is 20.8. The Bertz CT molecular complexity index is 1290. The molecule has 1 heterocycles. The Labute approximate surface area is 210 Å². The Kier molecular flexibility index (Phi) is 8.23. The highest BCUT2D eigenvalue weighted by Crippen LogP contribution is 2.38. The smallest absolute Gasteiger partial charge is 0.221 e. The van der Waals surface area contributed by atoms with Gasteiger partial charge in [0.05, 0.1) is 20.8 Å². The summed E-state index contributed by atoms with van der Waals surface area (Å²) in [6.45, 7) is 1.46. The number of benzene rings is 3. The van der Waals surface area contributed by atoms with Crippen molar-refractivity contribution in [3.63, 3.8) is 0 Å². The van der Waals surface area contributed by atoms with Gasteiger partial charge in [-0.15, -0.1) is 0 Å². The van der Waals surface area contributed by atoms with E-state index in [4.69, 9.17) is 14.2 Å². The third kappa shape index (κ3) is 5.86. The van der Waals surface area contributed by atoms with Gasteiger partial charge >= 0.3 is 0 Å². The highest BCUT2D eigenvalue weighted by Gasteiger charge is 2.24. The Morgan fingerprint density at radius 2 is 1.67 bits per heavy atom. The number of hydrogen-bond donors (Lipinski definition) is 1. The summed E-state index contributed by atoms with van der Waals surface area (Å²) in [4.78, 5) is 13.0. The quantitative estimate of drug-likeness (QED) is 0.296. The van der Waals surface area contributed by atoms with Crippen LogP contribution in [0.3, 0.4) is 0 Å². The van der Waals surface area contributed by atoms with E-state index in [9.17, 15) is 9.18 Å². The minimum atomic E-state index is -0.261. The highest BCUT2D eigenvalue weighted by atomic mass is 19.1. The molecule has 36 heavy (non-hydrogen) atoms. The van der Waals surface area contributed by atoms with Crippen molar-refractivity contribution in [2.24, 2.45) is 0 Å². The topological polar surface area (TPSA) is 61.7 Å². The molecule has 4 rings (SSSR count). The lowest BCUT2D eigenvalue weighted by Crippen LogP contribution is -2.28. The number of hydrogen-bond acceptors (Lipinski definition) is 4. The molecule has 0 spiro atoms. The van der Waals surface area contributed by atoms with Crippen molar-refractivity contribution in [2.75, 3.05) is 34.5 Å². The van der Waals surface area contributed by atoms with Crippen LogP contribution in [0.4, 0.5) is 4.39 Å². The first-order valence-corrected chi connectivity index (χ1v) is 11.8. The normalized spacial score (nSPS) is 11.9. The minimum absolute atomic E-state index is 0.0748. The van der Waals surface area contributed by atoms with Crippen LogP contribution in [-0.2, 0) is 16.1 Å². The summed E-state index contributed by atoms with van der Waals surface area (Å²) in [6.07, 6.45) is 2.33. The lowest BCUT2D eigenvalue weighted by Gasteiger charge is -2.19. The number of carbonyl (C=O) groups is 1. The fourth-order valence-corrected chi connectivity index (χ4v) is 4.46. The van der Waals surface area contributed by atoms with Crippen LogP contribution in [0.25, 0.3) is 10.9 Å². The predicted octanol–water partition coefficient (Wildman–Crippen LogP) is 5.13. The van der Waals surface area contributed by atoms with Crippen molar-refractivity contribution < 1.29 is 23.4 Å². The molecule has 0 saturated heterocycles. The summed E-state index contributed by atoms with van der Waals surface area (Å²) in [5.74, 6) is 0.724. The molecule has 0 aliphatic heterocycles. The maximum absolute atomic E-state index is 13.5. The number of fused-ring (bicyclic) bond motifs is 1. The lowest BCUT2D eigenvalue weighted by atomic mass is 9.87. The van der Waals surface area contributed by atoms with Gasteiger partial charge in [0, 0.05) is 55.7 Å². The summed E-state index contributed by atoms with van der Waals surface area (Å²) >= 11 is 0. The number of para-hydroxylation sites is 1. The van der Waals surface area contributed by atoms with Crippen molar-refractivity contribution >= 4 is 16.8 Å². The van der Waals surface area contributed by atoms with Crippen LogP contribution >= 0.6 is 0 Å². The molecule has 1 N–H and O–H groups in total. The van der Waals surface area contributed by atoms with E-state index in [1.807, 2.05) is 30.3 Å². The summed E-state index contributed by atoms with van der Waals surface area (Å²) < 4.78 is 31.7. The number of methoxy groups -OCH3 is 3. The molecule has 7 heteroatoms. The molecular formula is C29H31FN2O4. The van der Waals surface area contributed by atoms with E-state index in [1.54, 1.807) is 33.5 Å². The maximum atomic E-state index is 13.5. The van der Waals surface area contributed by atoms with Gasteiger partial charge in [0.2, 0.25) is 5.91 Å². The molecule has 3 aromatic carbocycles. The van der Waals surface area contributed by atoms with Gasteiger partial charge in [-0.1, -0.05) is 30.3 Å². The molecule has 0 aliphatic carbocycles. The number of nitrogens with zero attached hydrogens (tertiary/aromatic N) is 1. The second kappa shape index (κ2) is 11.7. The molecular weight excluding hydrogens is 459 g/mol. The van der Waals surface area contributed by atoms with Crippen molar-refractivity contribution in [1.82, 2.24) is 9.88 Å². The largest absolute Gasteiger partial charge is 0.497 e. The third-order valence-corrected chi connectivity index (χ3v) is 6.26. The van der Waals surface area contributed by atoms with Crippen molar-refractivity contribution in [3.8, 4) is 11.5 Å². The van der Waals surface area contributed by atoms with Gasteiger partial charge in [-0.05, 0) is 47.0 Å². The third-order valence-electron chi connectivity index (χ3n) is 6.26. The molecule has 1 aromatic heterocycles. The van der Waals surface area contributed by atoms with Crippen LogP contribution in [0, 0.1) is 5.82 Å². The standard InChI is InChI=1S/C29H31FN2O4/c1-34-13-12-31-29(33)17-26(21-14-23(35-2)16-24(15-21)36-3)27-19-32(28-7-5-4-6-25(27)28)18-20-8-10-22(30)11-9-20/h4-11,14-16,19,26H,12-13,17-18H2,1-3H3,(H,31,33). The van der Waals surface area contributed by atoms with E-state index in [0.717, 1.165) is 27.6 Å². The molecule has 6 nitrogen and oxygen atoms in total. The first kappa shape index (κ1) is 25.3. The molecule has 0 bridgehead atoms.